The summed E-state index contributed by atoms with van der Waals surface area (Å²) < 4.78 is 16.6. The third-order valence-electron chi connectivity index (χ3n) is 3.22. The summed E-state index contributed by atoms with van der Waals surface area (Å²) in [4.78, 5) is 11.2. The Morgan fingerprint density at radius 1 is 1.45 bits per heavy atom. The number of para-hydroxylation sites is 1. The van der Waals surface area contributed by atoms with Crippen molar-refractivity contribution in [3.05, 3.63) is 23.8 Å². The number of carbonyl (C=O) groups is 1. The third-order valence-corrected chi connectivity index (χ3v) is 3.22. The maximum atomic E-state index is 11.2. The normalized spacial score (nSPS) is 17.9. The van der Waals surface area contributed by atoms with Gasteiger partial charge in [0.2, 0.25) is 0 Å². The molecule has 0 bridgehead atoms. The second-order valence-corrected chi connectivity index (χ2v) is 4.64. The molecule has 110 valence electrons. The van der Waals surface area contributed by atoms with Crippen molar-refractivity contribution in [1.29, 1.82) is 0 Å². The molecule has 1 aromatic carbocycles. The Morgan fingerprint density at radius 3 is 2.95 bits per heavy atom. The fourth-order valence-electron chi connectivity index (χ4n) is 2.27. The van der Waals surface area contributed by atoms with E-state index in [9.17, 15) is 9.90 Å². The van der Waals surface area contributed by atoms with Crippen LogP contribution >= 0.6 is 0 Å². The van der Waals surface area contributed by atoms with Gasteiger partial charge in [-0.05, 0) is 31.9 Å². The molecule has 1 heterocycles. The van der Waals surface area contributed by atoms with Crippen LogP contribution in [0.15, 0.2) is 18.2 Å². The molecule has 20 heavy (non-hydrogen) atoms. The first kappa shape index (κ1) is 14.7. The number of aromatic carboxylic acids is 1. The van der Waals surface area contributed by atoms with Gasteiger partial charge in [-0.25, -0.2) is 4.79 Å². The van der Waals surface area contributed by atoms with E-state index in [2.05, 4.69) is 0 Å². The predicted octanol–water partition coefficient (Wildman–Crippen LogP) is 2.73. The SMILES string of the molecule is CCOc1cccc(C(=O)O)c1OCCC1CCCO1. The van der Waals surface area contributed by atoms with Gasteiger partial charge in [-0.2, -0.15) is 0 Å². The number of hydrogen-bond acceptors (Lipinski definition) is 4. The fourth-order valence-corrected chi connectivity index (χ4v) is 2.27. The molecule has 0 amide bonds. The van der Waals surface area contributed by atoms with Crippen molar-refractivity contribution < 1.29 is 24.1 Å². The molecule has 1 N–H and O–H groups in total. The quantitative estimate of drug-likeness (QED) is 0.832. The van der Waals surface area contributed by atoms with Gasteiger partial charge in [-0.1, -0.05) is 6.07 Å². The summed E-state index contributed by atoms with van der Waals surface area (Å²) in [5, 5.41) is 9.21. The summed E-state index contributed by atoms with van der Waals surface area (Å²) in [6.45, 7) is 3.55. The first-order valence-corrected chi connectivity index (χ1v) is 6.96. The summed E-state index contributed by atoms with van der Waals surface area (Å²) >= 11 is 0. The van der Waals surface area contributed by atoms with E-state index in [1.165, 1.54) is 6.07 Å². The van der Waals surface area contributed by atoms with Crippen molar-refractivity contribution in [3.63, 3.8) is 0 Å². The van der Waals surface area contributed by atoms with E-state index in [0.717, 1.165) is 25.9 Å². The predicted molar refractivity (Wildman–Crippen MR) is 73.7 cm³/mol. The lowest BCUT2D eigenvalue weighted by Gasteiger charge is -2.15. The van der Waals surface area contributed by atoms with Crippen molar-refractivity contribution in [1.82, 2.24) is 0 Å². The van der Waals surface area contributed by atoms with Crippen molar-refractivity contribution in [3.8, 4) is 11.5 Å². The minimum atomic E-state index is -1.02. The number of carboxylic acid groups (broad SMARTS) is 1. The molecule has 0 radical (unpaired) electrons. The fraction of sp³-hybridized carbons (Fsp3) is 0.533. The van der Waals surface area contributed by atoms with Crippen LogP contribution < -0.4 is 9.47 Å². The summed E-state index contributed by atoms with van der Waals surface area (Å²) in [7, 11) is 0. The number of hydrogen-bond donors (Lipinski definition) is 1. The van der Waals surface area contributed by atoms with Crippen LogP contribution in [0.1, 0.15) is 36.5 Å². The van der Waals surface area contributed by atoms with Gasteiger partial charge in [-0.3, -0.25) is 0 Å². The lowest BCUT2D eigenvalue weighted by molar-refractivity contribution is 0.0687. The van der Waals surface area contributed by atoms with Crippen molar-refractivity contribution in [2.24, 2.45) is 0 Å². The van der Waals surface area contributed by atoms with Gasteiger partial charge in [0.15, 0.2) is 11.5 Å². The number of benzene rings is 1. The molecule has 1 atom stereocenters. The molecule has 2 rings (SSSR count). The van der Waals surface area contributed by atoms with Gasteiger partial charge in [0.1, 0.15) is 5.56 Å². The Bertz CT molecular complexity index is 452. The largest absolute Gasteiger partial charge is 0.490 e. The van der Waals surface area contributed by atoms with Crippen LogP contribution in [0, 0.1) is 0 Å². The smallest absolute Gasteiger partial charge is 0.339 e. The Morgan fingerprint density at radius 2 is 2.30 bits per heavy atom. The van der Waals surface area contributed by atoms with Crippen LogP contribution in [-0.2, 0) is 4.74 Å². The summed E-state index contributed by atoms with van der Waals surface area (Å²) in [5.41, 5.74) is 0.128. The molecule has 0 aliphatic carbocycles. The summed E-state index contributed by atoms with van der Waals surface area (Å²) in [5.74, 6) is -0.238. The molecule has 1 aliphatic rings. The van der Waals surface area contributed by atoms with Gasteiger partial charge in [-0.15, -0.1) is 0 Å². The maximum absolute atomic E-state index is 11.2. The number of rotatable bonds is 7. The molecule has 0 aromatic heterocycles. The number of carboxylic acids is 1. The van der Waals surface area contributed by atoms with E-state index in [-0.39, 0.29) is 11.7 Å². The third kappa shape index (κ3) is 3.63. The van der Waals surface area contributed by atoms with Crippen molar-refractivity contribution in [2.45, 2.75) is 32.3 Å². The number of ether oxygens (including phenoxy) is 3. The van der Waals surface area contributed by atoms with Crippen LogP contribution in [0.2, 0.25) is 0 Å². The Balaban J connectivity index is 2.04. The second-order valence-electron chi connectivity index (χ2n) is 4.64. The van der Waals surface area contributed by atoms with Crippen LogP contribution in [0.3, 0.4) is 0 Å². The second kappa shape index (κ2) is 7.14. The van der Waals surface area contributed by atoms with Gasteiger partial charge in [0.05, 0.1) is 19.3 Å². The van der Waals surface area contributed by atoms with Crippen molar-refractivity contribution >= 4 is 5.97 Å². The average Bonchev–Trinajstić information content (AvgIpc) is 2.93. The molecule has 0 saturated carbocycles. The Labute approximate surface area is 118 Å². The van der Waals surface area contributed by atoms with Gasteiger partial charge < -0.3 is 19.3 Å². The molecule has 1 saturated heterocycles. The zero-order valence-corrected chi connectivity index (χ0v) is 11.6. The van der Waals surface area contributed by atoms with E-state index in [1.54, 1.807) is 12.1 Å². The molecule has 5 nitrogen and oxygen atoms in total. The van der Waals surface area contributed by atoms with Crippen molar-refractivity contribution in [2.75, 3.05) is 19.8 Å². The van der Waals surface area contributed by atoms with Crippen LogP contribution in [0.25, 0.3) is 0 Å². The topological polar surface area (TPSA) is 65.0 Å². The molecule has 5 heteroatoms. The monoisotopic (exact) mass is 280 g/mol. The molecular formula is C15H20O5. The van der Waals surface area contributed by atoms with Crippen LogP contribution in [0.5, 0.6) is 11.5 Å². The molecule has 1 aliphatic heterocycles. The van der Waals surface area contributed by atoms with Gasteiger partial charge >= 0.3 is 5.97 Å². The lowest BCUT2D eigenvalue weighted by Crippen LogP contribution is -2.13. The summed E-state index contributed by atoms with van der Waals surface area (Å²) in [6.07, 6.45) is 3.12. The minimum absolute atomic E-state index is 0.128. The minimum Gasteiger partial charge on any atom is -0.490 e. The average molecular weight is 280 g/mol. The first-order chi connectivity index (χ1) is 9.72. The highest BCUT2D eigenvalue weighted by Gasteiger charge is 2.19. The highest BCUT2D eigenvalue weighted by Crippen LogP contribution is 2.32. The van der Waals surface area contributed by atoms with E-state index in [1.807, 2.05) is 6.92 Å². The molecular weight excluding hydrogens is 260 g/mol. The molecule has 1 unspecified atom stereocenters. The van der Waals surface area contributed by atoms with Crippen LogP contribution in [0.4, 0.5) is 0 Å². The maximum Gasteiger partial charge on any atom is 0.339 e. The zero-order valence-electron chi connectivity index (χ0n) is 11.6. The zero-order chi connectivity index (χ0) is 14.4. The standard InChI is InChI=1S/C15H20O5/c1-2-18-13-7-3-6-12(15(16)17)14(13)20-10-8-11-5-4-9-19-11/h3,6-7,11H,2,4-5,8-10H2,1H3,(H,16,17). The Kier molecular flexibility index (Phi) is 5.24. The Hall–Kier alpha value is -1.75. The molecule has 1 aromatic rings. The highest BCUT2D eigenvalue weighted by molar-refractivity contribution is 5.92. The van der Waals surface area contributed by atoms with E-state index >= 15 is 0 Å². The van der Waals surface area contributed by atoms with Gasteiger partial charge in [0, 0.05) is 13.0 Å². The molecule has 0 spiro atoms. The van der Waals surface area contributed by atoms with Gasteiger partial charge in [0.25, 0.3) is 0 Å². The van der Waals surface area contributed by atoms with E-state index < -0.39 is 5.97 Å². The summed E-state index contributed by atoms with van der Waals surface area (Å²) in [6, 6.07) is 4.89. The molecule has 1 fully saturated rings. The van der Waals surface area contributed by atoms with Crippen LogP contribution in [-0.4, -0.2) is 37.0 Å². The van der Waals surface area contributed by atoms with E-state index in [4.69, 9.17) is 14.2 Å². The van der Waals surface area contributed by atoms with E-state index in [0.29, 0.717) is 24.7 Å². The lowest BCUT2D eigenvalue weighted by atomic mass is 10.1. The first-order valence-electron chi connectivity index (χ1n) is 6.96. The highest BCUT2D eigenvalue weighted by atomic mass is 16.5.